The summed E-state index contributed by atoms with van der Waals surface area (Å²) in [5.74, 6) is 0.109. The Balaban J connectivity index is 1.67. The monoisotopic (exact) mass is 441 g/mol. The van der Waals surface area contributed by atoms with Gasteiger partial charge in [0.25, 0.3) is 5.91 Å². The minimum absolute atomic E-state index is 0.0839. The molecule has 0 spiro atoms. The number of anilines is 1. The molecule has 156 valence electrons. The Bertz CT molecular complexity index is 975. The summed E-state index contributed by atoms with van der Waals surface area (Å²) in [5.41, 5.74) is 2.94. The molecule has 0 aliphatic rings. The second kappa shape index (κ2) is 10.9. The fraction of sp³-hybridized carbons (Fsp3) is 0.227. The van der Waals surface area contributed by atoms with Crippen LogP contribution in [0.1, 0.15) is 22.3 Å². The lowest BCUT2D eigenvalue weighted by Gasteiger charge is -2.17. The number of nitrogens with zero attached hydrogens (tertiary/aromatic N) is 1. The van der Waals surface area contributed by atoms with Crippen LogP contribution in [-0.2, 0) is 11.4 Å². The summed E-state index contributed by atoms with van der Waals surface area (Å²) in [4.78, 5) is 29.9. The number of aliphatic hydroxyl groups excluding tert-OH is 1. The van der Waals surface area contributed by atoms with E-state index < -0.39 is 6.04 Å². The highest BCUT2D eigenvalue weighted by molar-refractivity contribution is 7.98. The molecule has 3 N–H and O–H groups in total. The highest BCUT2D eigenvalue weighted by atomic mass is 32.2. The molecule has 6 nitrogen and oxygen atoms in total. The van der Waals surface area contributed by atoms with Gasteiger partial charge in [0.05, 0.1) is 12.3 Å². The number of hydrogen-bond acceptors (Lipinski definition) is 6. The summed E-state index contributed by atoms with van der Waals surface area (Å²) >= 11 is 2.96. The van der Waals surface area contributed by atoms with Gasteiger partial charge in [-0.2, -0.15) is 11.8 Å². The molecule has 0 bridgehead atoms. The first-order valence-electron chi connectivity index (χ1n) is 9.42. The van der Waals surface area contributed by atoms with Crippen molar-refractivity contribution >= 4 is 40.0 Å². The molecule has 3 rings (SSSR count). The summed E-state index contributed by atoms with van der Waals surface area (Å²) in [6, 6.07) is 15.7. The molecule has 0 saturated carbocycles. The molecule has 2 amide bonds. The summed E-state index contributed by atoms with van der Waals surface area (Å²) in [6.45, 7) is -0.0839. The predicted octanol–water partition coefficient (Wildman–Crippen LogP) is 3.79. The molecule has 0 aliphatic carbocycles. The Morgan fingerprint density at radius 1 is 1.13 bits per heavy atom. The second-order valence-corrected chi connectivity index (χ2v) is 8.40. The van der Waals surface area contributed by atoms with Crippen LogP contribution >= 0.6 is 23.1 Å². The first-order valence-corrected chi connectivity index (χ1v) is 11.7. The Morgan fingerprint density at radius 2 is 1.87 bits per heavy atom. The van der Waals surface area contributed by atoms with Crippen molar-refractivity contribution in [2.75, 3.05) is 17.3 Å². The predicted molar refractivity (Wildman–Crippen MR) is 123 cm³/mol. The molecule has 3 aromatic rings. The average molecular weight is 442 g/mol. The number of carbonyl (C=O) groups excluding carboxylic acids is 2. The Morgan fingerprint density at radius 3 is 2.53 bits per heavy atom. The Labute approximate surface area is 183 Å². The van der Waals surface area contributed by atoms with Crippen LogP contribution < -0.4 is 10.6 Å². The quantitative estimate of drug-likeness (QED) is 0.470. The van der Waals surface area contributed by atoms with Gasteiger partial charge in [-0.1, -0.05) is 42.5 Å². The van der Waals surface area contributed by atoms with Crippen molar-refractivity contribution in [3.63, 3.8) is 0 Å². The standard InChI is InChI=1S/C22H23N3O3S2/c1-29-12-11-18(23-20(27)17-9-7-15(13-26)8-10-17)21(28)25-22-24-19(14-30-22)16-5-3-2-4-6-16/h2-10,14,18,26H,11-13H2,1H3,(H,23,27)(H,24,25,28)/t18-/m0/s1. The number of benzene rings is 2. The smallest absolute Gasteiger partial charge is 0.251 e. The van der Waals surface area contributed by atoms with Crippen molar-refractivity contribution in [3.8, 4) is 11.3 Å². The van der Waals surface area contributed by atoms with E-state index in [4.69, 9.17) is 5.11 Å². The maximum Gasteiger partial charge on any atom is 0.251 e. The van der Waals surface area contributed by atoms with Crippen LogP contribution in [0.15, 0.2) is 60.0 Å². The highest BCUT2D eigenvalue weighted by Gasteiger charge is 2.22. The fourth-order valence-corrected chi connectivity index (χ4v) is 3.97. The molecular formula is C22H23N3O3S2. The van der Waals surface area contributed by atoms with Gasteiger partial charge in [-0.05, 0) is 36.1 Å². The molecule has 1 aromatic heterocycles. The van der Waals surface area contributed by atoms with Crippen molar-refractivity contribution < 1.29 is 14.7 Å². The van der Waals surface area contributed by atoms with Crippen LogP contribution in [0.3, 0.4) is 0 Å². The molecule has 0 unspecified atom stereocenters. The number of thioether (sulfide) groups is 1. The average Bonchev–Trinajstić information content (AvgIpc) is 3.25. The van der Waals surface area contributed by atoms with Crippen molar-refractivity contribution in [2.45, 2.75) is 19.1 Å². The molecule has 0 radical (unpaired) electrons. The largest absolute Gasteiger partial charge is 0.392 e. The topological polar surface area (TPSA) is 91.3 Å². The second-order valence-electron chi connectivity index (χ2n) is 6.56. The van der Waals surface area contributed by atoms with E-state index in [-0.39, 0.29) is 18.4 Å². The molecule has 30 heavy (non-hydrogen) atoms. The number of thiazole rings is 1. The molecule has 8 heteroatoms. The van der Waals surface area contributed by atoms with Gasteiger partial charge in [-0.3, -0.25) is 9.59 Å². The number of amides is 2. The van der Waals surface area contributed by atoms with Crippen LogP contribution in [0.5, 0.6) is 0 Å². The van der Waals surface area contributed by atoms with Crippen molar-refractivity contribution in [1.29, 1.82) is 0 Å². The van der Waals surface area contributed by atoms with Gasteiger partial charge >= 0.3 is 0 Å². The molecule has 2 aromatic carbocycles. The summed E-state index contributed by atoms with van der Waals surface area (Å²) in [7, 11) is 0. The van der Waals surface area contributed by atoms with Crippen LogP contribution in [0.25, 0.3) is 11.3 Å². The highest BCUT2D eigenvalue weighted by Crippen LogP contribution is 2.24. The van der Waals surface area contributed by atoms with E-state index in [1.54, 1.807) is 36.0 Å². The maximum absolute atomic E-state index is 12.8. The lowest BCUT2D eigenvalue weighted by Crippen LogP contribution is -2.44. The minimum Gasteiger partial charge on any atom is -0.392 e. The molecular weight excluding hydrogens is 418 g/mol. The van der Waals surface area contributed by atoms with E-state index in [1.165, 1.54) is 11.3 Å². The fourth-order valence-electron chi connectivity index (χ4n) is 2.77. The lowest BCUT2D eigenvalue weighted by atomic mass is 10.1. The van der Waals surface area contributed by atoms with E-state index in [1.807, 2.05) is 42.0 Å². The minimum atomic E-state index is -0.674. The molecule has 1 heterocycles. The number of nitrogens with one attached hydrogen (secondary N) is 2. The molecule has 0 fully saturated rings. The lowest BCUT2D eigenvalue weighted by molar-refractivity contribution is -0.118. The number of rotatable bonds is 9. The Kier molecular flexibility index (Phi) is 8.01. The van der Waals surface area contributed by atoms with Gasteiger partial charge in [0.1, 0.15) is 6.04 Å². The molecule has 1 atom stereocenters. The number of carbonyl (C=O) groups is 2. The van der Waals surface area contributed by atoms with E-state index in [9.17, 15) is 9.59 Å². The number of aromatic nitrogens is 1. The van der Waals surface area contributed by atoms with E-state index in [0.717, 1.165) is 22.6 Å². The van der Waals surface area contributed by atoms with Crippen molar-refractivity contribution in [1.82, 2.24) is 10.3 Å². The SMILES string of the molecule is CSCC[C@H](NC(=O)c1ccc(CO)cc1)C(=O)Nc1nc(-c2ccccc2)cs1. The number of aliphatic hydroxyl groups is 1. The summed E-state index contributed by atoms with van der Waals surface area (Å²) in [5, 5.41) is 17.2. The molecule has 0 saturated heterocycles. The third kappa shape index (κ3) is 5.91. The van der Waals surface area contributed by atoms with Crippen LogP contribution in [-0.4, -0.2) is 40.0 Å². The van der Waals surface area contributed by atoms with E-state index >= 15 is 0 Å². The van der Waals surface area contributed by atoms with Crippen molar-refractivity contribution in [3.05, 3.63) is 71.1 Å². The van der Waals surface area contributed by atoms with Crippen molar-refractivity contribution in [2.24, 2.45) is 0 Å². The summed E-state index contributed by atoms with van der Waals surface area (Å²) < 4.78 is 0. The first kappa shape index (κ1) is 22.0. The van der Waals surface area contributed by atoms with Gasteiger partial charge in [-0.25, -0.2) is 4.98 Å². The maximum atomic E-state index is 12.8. The van der Waals surface area contributed by atoms with Gasteiger partial charge < -0.3 is 15.7 Å². The van der Waals surface area contributed by atoms with Gasteiger partial charge in [0.15, 0.2) is 5.13 Å². The summed E-state index contributed by atoms with van der Waals surface area (Å²) in [6.07, 6.45) is 2.46. The first-order chi connectivity index (χ1) is 14.6. The van der Waals surface area contributed by atoms with Gasteiger partial charge in [0.2, 0.25) is 5.91 Å². The zero-order valence-electron chi connectivity index (χ0n) is 16.5. The zero-order chi connectivity index (χ0) is 21.3. The van der Waals surface area contributed by atoms with E-state index in [2.05, 4.69) is 15.6 Å². The normalized spacial score (nSPS) is 11.7. The van der Waals surface area contributed by atoms with Crippen LogP contribution in [0.4, 0.5) is 5.13 Å². The van der Waals surface area contributed by atoms with Crippen LogP contribution in [0.2, 0.25) is 0 Å². The Hall–Kier alpha value is -2.68. The zero-order valence-corrected chi connectivity index (χ0v) is 18.1. The molecule has 0 aliphatic heterocycles. The van der Waals surface area contributed by atoms with Crippen LogP contribution in [0, 0.1) is 0 Å². The third-order valence-corrected chi connectivity index (χ3v) is 5.84. The van der Waals surface area contributed by atoms with Gasteiger partial charge in [0, 0.05) is 16.5 Å². The van der Waals surface area contributed by atoms with Gasteiger partial charge in [-0.15, -0.1) is 11.3 Å². The number of hydrogen-bond donors (Lipinski definition) is 3. The van der Waals surface area contributed by atoms with E-state index in [0.29, 0.717) is 17.1 Å². The third-order valence-electron chi connectivity index (χ3n) is 4.44.